The van der Waals surface area contributed by atoms with Gasteiger partial charge in [-0.05, 0) is 44.1 Å². The molecule has 2 aliphatic rings. The van der Waals surface area contributed by atoms with Gasteiger partial charge in [0, 0.05) is 12.1 Å². The molecule has 1 amide bonds. The molecule has 0 spiro atoms. The van der Waals surface area contributed by atoms with Gasteiger partial charge in [-0.15, -0.1) is 0 Å². The molecule has 1 fully saturated rings. The monoisotopic (exact) mass is 289 g/mol. The average molecular weight is 289 g/mol. The number of fused-ring (bicyclic) bond motifs is 1. The summed E-state index contributed by atoms with van der Waals surface area (Å²) in [5, 5.41) is 7.44. The van der Waals surface area contributed by atoms with Crippen LogP contribution in [0, 0.1) is 0 Å². The van der Waals surface area contributed by atoms with Crippen molar-refractivity contribution < 1.29 is 4.79 Å². The number of aryl methyl sites for hydroxylation is 2. The smallest absolute Gasteiger partial charge is 0.267 e. The van der Waals surface area contributed by atoms with Gasteiger partial charge in [-0.25, -0.2) is 4.68 Å². The summed E-state index contributed by atoms with van der Waals surface area (Å²) in [4.78, 5) is 24.1. The molecule has 2 aliphatic carbocycles. The van der Waals surface area contributed by atoms with E-state index in [-0.39, 0.29) is 24.1 Å². The van der Waals surface area contributed by atoms with Crippen molar-refractivity contribution in [1.82, 2.24) is 15.1 Å². The maximum Gasteiger partial charge on any atom is 0.267 e. The minimum atomic E-state index is -0.155. The molecule has 0 radical (unpaired) electrons. The fraction of sp³-hybridized carbons (Fsp3) is 0.688. The second-order valence-electron chi connectivity index (χ2n) is 6.22. The summed E-state index contributed by atoms with van der Waals surface area (Å²) in [5.41, 5.74) is 1.92. The Labute approximate surface area is 124 Å². The van der Waals surface area contributed by atoms with Gasteiger partial charge >= 0.3 is 0 Å². The quantitative estimate of drug-likeness (QED) is 0.859. The topological polar surface area (TPSA) is 64.0 Å². The first-order valence-corrected chi connectivity index (χ1v) is 8.11. The first kappa shape index (κ1) is 14.3. The Morgan fingerprint density at radius 1 is 1.19 bits per heavy atom. The van der Waals surface area contributed by atoms with Gasteiger partial charge in [0.05, 0.1) is 5.69 Å². The van der Waals surface area contributed by atoms with E-state index in [9.17, 15) is 9.59 Å². The summed E-state index contributed by atoms with van der Waals surface area (Å²) >= 11 is 0. The average Bonchev–Trinajstić information content (AvgIpc) is 2.85. The summed E-state index contributed by atoms with van der Waals surface area (Å²) in [6, 6.07) is 1.96. The van der Waals surface area contributed by atoms with E-state index in [0.29, 0.717) is 0 Å². The van der Waals surface area contributed by atoms with Crippen LogP contribution in [0.15, 0.2) is 10.9 Å². The zero-order valence-corrected chi connectivity index (χ0v) is 12.4. The van der Waals surface area contributed by atoms with E-state index < -0.39 is 0 Å². The fourth-order valence-electron chi connectivity index (χ4n) is 3.37. The highest BCUT2D eigenvalue weighted by Crippen LogP contribution is 2.18. The van der Waals surface area contributed by atoms with Gasteiger partial charge in [0.25, 0.3) is 5.56 Å². The Hall–Kier alpha value is -1.65. The molecule has 114 valence electrons. The molecule has 5 heteroatoms. The van der Waals surface area contributed by atoms with Crippen molar-refractivity contribution in [3.63, 3.8) is 0 Å². The minimum Gasteiger partial charge on any atom is -0.352 e. The summed E-state index contributed by atoms with van der Waals surface area (Å²) < 4.78 is 1.33. The van der Waals surface area contributed by atoms with Crippen LogP contribution in [-0.4, -0.2) is 21.7 Å². The maximum atomic E-state index is 12.1. The van der Waals surface area contributed by atoms with Gasteiger partial charge in [0.15, 0.2) is 0 Å². The summed E-state index contributed by atoms with van der Waals surface area (Å²) in [5.74, 6) is -0.0925. The number of hydrogen-bond donors (Lipinski definition) is 1. The van der Waals surface area contributed by atoms with E-state index in [1.165, 1.54) is 23.9 Å². The molecule has 1 aromatic rings. The van der Waals surface area contributed by atoms with Crippen LogP contribution >= 0.6 is 0 Å². The van der Waals surface area contributed by atoms with E-state index in [1.54, 1.807) is 6.07 Å². The molecule has 21 heavy (non-hydrogen) atoms. The SMILES string of the molecule is O=C(Cn1nc2c(cc1=O)CCCCC2)NC1CCCC1. The van der Waals surface area contributed by atoms with Crippen molar-refractivity contribution >= 4 is 5.91 Å². The number of carbonyl (C=O) groups excluding carboxylic acids is 1. The van der Waals surface area contributed by atoms with E-state index in [0.717, 1.165) is 49.8 Å². The van der Waals surface area contributed by atoms with Crippen molar-refractivity contribution in [3.05, 3.63) is 27.7 Å². The molecule has 0 saturated heterocycles. The molecule has 1 heterocycles. The lowest BCUT2D eigenvalue weighted by Gasteiger charge is -2.13. The second kappa shape index (κ2) is 6.41. The molecular weight excluding hydrogens is 266 g/mol. The van der Waals surface area contributed by atoms with E-state index in [1.807, 2.05) is 0 Å². The third-order valence-corrected chi connectivity index (χ3v) is 4.54. The third kappa shape index (κ3) is 3.52. The highest BCUT2D eigenvalue weighted by molar-refractivity contribution is 5.75. The molecular formula is C16H23N3O2. The highest BCUT2D eigenvalue weighted by atomic mass is 16.2. The Morgan fingerprint density at radius 2 is 1.95 bits per heavy atom. The van der Waals surface area contributed by atoms with Crippen LogP contribution in [0.5, 0.6) is 0 Å². The molecule has 0 aromatic carbocycles. The highest BCUT2D eigenvalue weighted by Gasteiger charge is 2.18. The van der Waals surface area contributed by atoms with Gasteiger partial charge in [-0.3, -0.25) is 9.59 Å². The lowest BCUT2D eigenvalue weighted by molar-refractivity contribution is -0.122. The van der Waals surface area contributed by atoms with E-state index in [2.05, 4.69) is 10.4 Å². The Kier molecular flexibility index (Phi) is 4.36. The zero-order chi connectivity index (χ0) is 14.7. The molecule has 0 aliphatic heterocycles. The largest absolute Gasteiger partial charge is 0.352 e. The molecule has 0 unspecified atom stereocenters. The standard InChI is InChI=1S/C16H23N3O2/c20-15(17-13-7-4-5-8-13)11-19-16(21)10-12-6-2-1-3-9-14(12)18-19/h10,13H,1-9,11H2,(H,17,20). The van der Waals surface area contributed by atoms with Crippen molar-refractivity contribution in [2.45, 2.75) is 70.4 Å². The second-order valence-corrected chi connectivity index (χ2v) is 6.22. The van der Waals surface area contributed by atoms with Crippen molar-refractivity contribution in [2.75, 3.05) is 0 Å². The van der Waals surface area contributed by atoms with Gasteiger partial charge in [0.2, 0.25) is 5.91 Å². The van der Waals surface area contributed by atoms with Crippen LogP contribution in [-0.2, 0) is 24.2 Å². The lowest BCUT2D eigenvalue weighted by atomic mass is 10.1. The van der Waals surface area contributed by atoms with Gasteiger partial charge in [-0.1, -0.05) is 19.3 Å². The molecule has 1 N–H and O–H groups in total. The van der Waals surface area contributed by atoms with Crippen LogP contribution in [0.1, 0.15) is 56.2 Å². The van der Waals surface area contributed by atoms with Crippen molar-refractivity contribution in [3.8, 4) is 0 Å². The van der Waals surface area contributed by atoms with Crippen LogP contribution in [0.25, 0.3) is 0 Å². The number of nitrogens with zero attached hydrogens (tertiary/aromatic N) is 2. The van der Waals surface area contributed by atoms with Gasteiger partial charge in [-0.2, -0.15) is 5.10 Å². The molecule has 0 atom stereocenters. The number of amides is 1. The predicted molar refractivity (Wildman–Crippen MR) is 80.2 cm³/mol. The first-order valence-electron chi connectivity index (χ1n) is 8.11. The Morgan fingerprint density at radius 3 is 2.76 bits per heavy atom. The minimum absolute atomic E-state index is 0.0443. The normalized spacial score (nSPS) is 19.0. The summed E-state index contributed by atoms with van der Waals surface area (Å²) in [6.45, 7) is 0.0443. The Bertz CT molecular complexity index is 573. The third-order valence-electron chi connectivity index (χ3n) is 4.54. The fourth-order valence-corrected chi connectivity index (χ4v) is 3.37. The van der Waals surface area contributed by atoms with E-state index in [4.69, 9.17) is 0 Å². The molecule has 5 nitrogen and oxygen atoms in total. The Balaban J connectivity index is 1.71. The van der Waals surface area contributed by atoms with Crippen LogP contribution in [0.4, 0.5) is 0 Å². The number of aromatic nitrogens is 2. The summed E-state index contributed by atoms with van der Waals surface area (Å²) in [6.07, 6.45) is 9.76. The van der Waals surface area contributed by atoms with Gasteiger partial charge in [0.1, 0.15) is 6.54 Å². The number of hydrogen-bond acceptors (Lipinski definition) is 3. The molecule has 1 aromatic heterocycles. The first-order chi connectivity index (χ1) is 10.2. The van der Waals surface area contributed by atoms with Crippen LogP contribution < -0.4 is 10.9 Å². The predicted octanol–water partition coefficient (Wildman–Crippen LogP) is 1.57. The zero-order valence-electron chi connectivity index (χ0n) is 12.4. The van der Waals surface area contributed by atoms with Gasteiger partial charge < -0.3 is 5.32 Å². The maximum absolute atomic E-state index is 12.1. The molecule has 1 saturated carbocycles. The van der Waals surface area contributed by atoms with Crippen molar-refractivity contribution in [1.29, 1.82) is 0 Å². The molecule has 3 rings (SSSR count). The van der Waals surface area contributed by atoms with Crippen molar-refractivity contribution in [2.24, 2.45) is 0 Å². The number of nitrogens with one attached hydrogen (secondary N) is 1. The van der Waals surface area contributed by atoms with Crippen LogP contribution in [0.3, 0.4) is 0 Å². The van der Waals surface area contributed by atoms with E-state index >= 15 is 0 Å². The van der Waals surface area contributed by atoms with Crippen LogP contribution in [0.2, 0.25) is 0 Å². The number of rotatable bonds is 3. The summed E-state index contributed by atoms with van der Waals surface area (Å²) in [7, 11) is 0. The lowest BCUT2D eigenvalue weighted by Crippen LogP contribution is -2.38. The number of carbonyl (C=O) groups is 1. The molecule has 0 bridgehead atoms.